The summed E-state index contributed by atoms with van der Waals surface area (Å²) >= 11 is 0. The van der Waals surface area contributed by atoms with E-state index in [0.29, 0.717) is 6.07 Å². The fraction of sp³-hybridized carbons (Fsp3) is 0. The molecule has 0 bridgehead atoms. The van der Waals surface area contributed by atoms with Gasteiger partial charge >= 0.3 is 0 Å². The molecule has 2 aromatic carbocycles. The van der Waals surface area contributed by atoms with E-state index in [4.69, 9.17) is 5.73 Å². The molecule has 8 nitrogen and oxygen atoms in total. The smallest absolute Gasteiger partial charge is 0.295 e. The number of nitrogen functional groups attached to an aromatic ring is 1. The van der Waals surface area contributed by atoms with Gasteiger partial charge in [0.15, 0.2) is 5.82 Å². The van der Waals surface area contributed by atoms with Crippen LogP contribution < -0.4 is 11.1 Å². The fourth-order valence-corrected chi connectivity index (χ4v) is 2.32. The number of amides is 1. The van der Waals surface area contributed by atoms with Gasteiger partial charge in [-0.2, -0.15) is 5.10 Å². The third kappa shape index (κ3) is 3.20. The fourth-order valence-electron chi connectivity index (χ4n) is 2.32. The Kier molecular flexibility index (Phi) is 4.31. The maximum Gasteiger partial charge on any atom is 0.295 e. The molecule has 1 amide bonds. The van der Waals surface area contributed by atoms with Crippen molar-refractivity contribution in [3.8, 4) is 5.69 Å². The van der Waals surface area contributed by atoms with Gasteiger partial charge in [-0.1, -0.05) is 0 Å². The zero-order valence-corrected chi connectivity index (χ0v) is 13.0. The first kappa shape index (κ1) is 17.0. The summed E-state index contributed by atoms with van der Waals surface area (Å²) in [5.74, 6) is -2.56. The van der Waals surface area contributed by atoms with Crippen LogP contribution in [0.25, 0.3) is 5.69 Å². The Hall–Kier alpha value is -3.82. The Bertz CT molecular complexity index is 1010. The Morgan fingerprint density at radius 1 is 1.27 bits per heavy atom. The Balaban J connectivity index is 1.89. The van der Waals surface area contributed by atoms with Crippen LogP contribution in [0.15, 0.2) is 48.8 Å². The van der Waals surface area contributed by atoms with Gasteiger partial charge in [0, 0.05) is 18.1 Å². The second-order valence-corrected chi connectivity index (χ2v) is 5.21. The normalized spacial score (nSPS) is 10.5. The number of halogens is 2. The standard InChI is InChI=1S/C16H11F2N5O3/c17-9-6-11(15(19)14(7-9)23(25)26)16(24)21-10-2-3-13(12(18)8-10)22-5-1-4-20-22/h1-8H,19H2,(H,21,24). The summed E-state index contributed by atoms with van der Waals surface area (Å²) in [4.78, 5) is 22.2. The number of nitro groups is 1. The highest BCUT2D eigenvalue weighted by Crippen LogP contribution is 2.27. The summed E-state index contributed by atoms with van der Waals surface area (Å²) in [5.41, 5.74) is 4.16. The van der Waals surface area contributed by atoms with Crippen LogP contribution in [-0.2, 0) is 0 Å². The van der Waals surface area contributed by atoms with E-state index < -0.39 is 39.4 Å². The number of nitrogens with two attached hydrogens (primary N) is 1. The van der Waals surface area contributed by atoms with Crippen molar-refractivity contribution < 1.29 is 18.5 Å². The molecule has 0 saturated carbocycles. The van der Waals surface area contributed by atoms with E-state index in [-0.39, 0.29) is 11.4 Å². The van der Waals surface area contributed by atoms with Crippen molar-refractivity contribution in [3.63, 3.8) is 0 Å². The van der Waals surface area contributed by atoms with E-state index in [1.165, 1.54) is 23.0 Å². The van der Waals surface area contributed by atoms with E-state index in [0.717, 1.165) is 12.1 Å². The Morgan fingerprint density at radius 3 is 2.65 bits per heavy atom. The molecule has 0 saturated heterocycles. The molecule has 0 unspecified atom stereocenters. The van der Waals surface area contributed by atoms with Crippen LogP contribution in [0.5, 0.6) is 0 Å². The predicted octanol–water partition coefficient (Wildman–Crippen LogP) is 2.89. The molecule has 0 fully saturated rings. The molecule has 0 atom stereocenters. The topological polar surface area (TPSA) is 116 Å². The summed E-state index contributed by atoms with van der Waals surface area (Å²) < 4.78 is 29.0. The number of rotatable bonds is 4. The molecule has 0 radical (unpaired) electrons. The van der Waals surface area contributed by atoms with E-state index >= 15 is 0 Å². The minimum Gasteiger partial charge on any atom is -0.393 e. The number of nitrogens with zero attached hydrogens (tertiary/aromatic N) is 3. The molecule has 0 aliphatic heterocycles. The number of anilines is 2. The lowest BCUT2D eigenvalue weighted by atomic mass is 10.1. The lowest BCUT2D eigenvalue weighted by molar-refractivity contribution is -0.384. The highest BCUT2D eigenvalue weighted by atomic mass is 19.1. The molecule has 3 rings (SSSR count). The number of nitro benzene ring substituents is 1. The molecular formula is C16H11F2N5O3. The van der Waals surface area contributed by atoms with Crippen molar-refractivity contribution in [2.75, 3.05) is 11.1 Å². The van der Waals surface area contributed by atoms with Gasteiger partial charge in [-0.25, -0.2) is 13.5 Å². The van der Waals surface area contributed by atoms with Gasteiger partial charge in [0.2, 0.25) is 0 Å². The van der Waals surface area contributed by atoms with Crippen molar-refractivity contribution in [2.45, 2.75) is 0 Å². The van der Waals surface area contributed by atoms with E-state index in [1.807, 2.05) is 0 Å². The molecule has 3 N–H and O–H groups in total. The van der Waals surface area contributed by atoms with Crippen LogP contribution in [-0.4, -0.2) is 20.6 Å². The lowest BCUT2D eigenvalue weighted by Crippen LogP contribution is -2.16. The van der Waals surface area contributed by atoms with Gasteiger partial charge in [0.1, 0.15) is 17.2 Å². The van der Waals surface area contributed by atoms with Crippen molar-refractivity contribution in [1.29, 1.82) is 0 Å². The first-order valence-electron chi connectivity index (χ1n) is 7.21. The highest BCUT2D eigenvalue weighted by molar-refractivity contribution is 6.08. The zero-order chi connectivity index (χ0) is 18.8. The second-order valence-electron chi connectivity index (χ2n) is 5.21. The van der Waals surface area contributed by atoms with Crippen molar-refractivity contribution in [1.82, 2.24) is 9.78 Å². The number of aromatic nitrogens is 2. The van der Waals surface area contributed by atoms with Crippen molar-refractivity contribution in [3.05, 3.63) is 76.1 Å². The maximum absolute atomic E-state index is 14.2. The maximum atomic E-state index is 14.2. The number of hydrogen-bond acceptors (Lipinski definition) is 5. The first-order chi connectivity index (χ1) is 12.4. The van der Waals surface area contributed by atoms with Gasteiger partial charge in [-0.15, -0.1) is 0 Å². The largest absolute Gasteiger partial charge is 0.393 e. The van der Waals surface area contributed by atoms with Crippen LogP contribution in [0.4, 0.5) is 25.8 Å². The number of carbonyl (C=O) groups is 1. The lowest BCUT2D eigenvalue weighted by Gasteiger charge is -2.10. The molecule has 3 aromatic rings. The molecule has 10 heteroatoms. The Morgan fingerprint density at radius 2 is 2.04 bits per heavy atom. The SMILES string of the molecule is Nc1c(C(=O)Nc2ccc(-n3cccn3)c(F)c2)cc(F)cc1[N+](=O)[O-]. The number of nitrogens with one attached hydrogen (secondary N) is 1. The predicted molar refractivity (Wildman–Crippen MR) is 88.9 cm³/mol. The molecule has 26 heavy (non-hydrogen) atoms. The summed E-state index contributed by atoms with van der Waals surface area (Å²) in [6.07, 6.45) is 3.03. The van der Waals surface area contributed by atoms with Gasteiger partial charge in [0.25, 0.3) is 11.6 Å². The van der Waals surface area contributed by atoms with Crippen LogP contribution >= 0.6 is 0 Å². The molecule has 0 aliphatic rings. The number of hydrogen-bond donors (Lipinski definition) is 2. The van der Waals surface area contributed by atoms with Gasteiger partial charge in [0.05, 0.1) is 16.6 Å². The molecule has 1 aromatic heterocycles. The van der Waals surface area contributed by atoms with Crippen LogP contribution in [0, 0.1) is 21.7 Å². The average Bonchev–Trinajstić information content (AvgIpc) is 3.10. The monoisotopic (exact) mass is 359 g/mol. The van der Waals surface area contributed by atoms with Gasteiger partial charge in [-0.05, 0) is 30.3 Å². The summed E-state index contributed by atoms with van der Waals surface area (Å²) in [5, 5.41) is 17.1. The minimum atomic E-state index is -0.990. The third-order valence-corrected chi connectivity index (χ3v) is 3.52. The van der Waals surface area contributed by atoms with Crippen molar-refractivity contribution in [2.24, 2.45) is 0 Å². The zero-order valence-electron chi connectivity index (χ0n) is 13.0. The summed E-state index contributed by atoms with van der Waals surface area (Å²) in [6, 6.07) is 6.83. The summed E-state index contributed by atoms with van der Waals surface area (Å²) in [7, 11) is 0. The van der Waals surface area contributed by atoms with Gasteiger partial charge in [-0.3, -0.25) is 14.9 Å². The average molecular weight is 359 g/mol. The number of benzene rings is 2. The molecule has 132 valence electrons. The summed E-state index contributed by atoms with van der Waals surface area (Å²) in [6.45, 7) is 0. The van der Waals surface area contributed by atoms with Crippen LogP contribution in [0.3, 0.4) is 0 Å². The Labute approximate surface area is 145 Å². The van der Waals surface area contributed by atoms with E-state index in [9.17, 15) is 23.7 Å². The van der Waals surface area contributed by atoms with Crippen molar-refractivity contribution >= 4 is 23.0 Å². The van der Waals surface area contributed by atoms with Crippen LogP contribution in [0.2, 0.25) is 0 Å². The highest BCUT2D eigenvalue weighted by Gasteiger charge is 2.22. The molecule has 1 heterocycles. The molecular weight excluding hydrogens is 348 g/mol. The third-order valence-electron chi connectivity index (χ3n) is 3.52. The van der Waals surface area contributed by atoms with E-state index in [1.54, 1.807) is 12.3 Å². The van der Waals surface area contributed by atoms with Crippen LogP contribution in [0.1, 0.15) is 10.4 Å². The molecule has 0 aliphatic carbocycles. The quantitative estimate of drug-likeness (QED) is 0.422. The first-order valence-corrected chi connectivity index (χ1v) is 7.21. The number of carbonyl (C=O) groups excluding carboxylic acids is 1. The molecule has 0 spiro atoms. The van der Waals surface area contributed by atoms with E-state index in [2.05, 4.69) is 10.4 Å². The van der Waals surface area contributed by atoms with Gasteiger partial charge < -0.3 is 11.1 Å². The second kappa shape index (κ2) is 6.59. The minimum absolute atomic E-state index is 0.0646.